The van der Waals surface area contributed by atoms with Crippen molar-refractivity contribution < 1.29 is 9.90 Å². The van der Waals surface area contributed by atoms with E-state index in [2.05, 4.69) is 10.2 Å². The second-order valence-electron chi connectivity index (χ2n) is 5.25. The number of β-amino-alcohol motifs (C(OH)–C–C–N with tert-alkyl or cyclic N) is 1. The third kappa shape index (κ3) is 3.67. The van der Waals surface area contributed by atoms with Crippen LogP contribution in [0.2, 0.25) is 0 Å². The van der Waals surface area contributed by atoms with Crippen LogP contribution in [0, 0.1) is 0 Å². The molecule has 5 heteroatoms. The van der Waals surface area contributed by atoms with Crippen LogP contribution >= 0.6 is 0 Å². The lowest BCUT2D eigenvalue weighted by Gasteiger charge is -2.29. The molecule has 0 unspecified atom stereocenters. The number of carbonyl (C=O) groups is 1. The molecule has 0 aromatic carbocycles. The van der Waals surface area contributed by atoms with E-state index < -0.39 is 0 Å². The van der Waals surface area contributed by atoms with Gasteiger partial charge in [0, 0.05) is 26.2 Å². The van der Waals surface area contributed by atoms with Crippen LogP contribution in [0.5, 0.6) is 0 Å². The van der Waals surface area contributed by atoms with E-state index in [4.69, 9.17) is 5.11 Å². The molecular weight excluding hydrogens is 230 g/mol. The van der Waals surface area contributed by atoms with Crippen LogP contribution in [0.4, 0.5) is 0 Å². The predicted octanol–water partition coefficient (Wildman–Crippen LogP) is -0.345. The van der Waals surface area contributed by atoms with Gasteiger partial charge in [0.1, 0.15) is 0 Å². The summed E-state index contributed by atoms with van der Waals surface area (Å²) in [5, 5.41) is 12.3. The van der Waals surface area contributed by atoms with Gasteiger partial charge in [0.05, 0.1) is 12.6 Å². The lowest BCUT2D eigenvalue weighted by molar-refractivity contribution is -0.133. The Kier molecular flexibility index (Phi) is 5.41. The molecule has 0 saturated carbocycles. The predicted molar refractivity (Wildman–Crippen MR) is 70.4 cm³/mol. The van der Waals surface area contributed by atoms with Gasteiger partial charge in [-0.3, -0.25) is 9.69 Å². The summed E-state index contributed by atoms with van der Waals surface area (Å²) >= 11 is 0. The minimum atomic E-state index is 0.0446. The fraction of sp³-hybridized carbons (Fsp3) is 0.923. The number of rotatable bonds is 3. The van der Waals surface area contributed by atoms with Gasteiger partial charge in [-0.2, -0.15) is 0 Å². The molecule has 2 saturated heterocycles. The number of aliphatic hydroxyl groups is 1. The van der Waals surface area contributed by atoms with E-state index in [0.717, 1.165) is 58.5 Å². The fourth-order valence-electron chi connectivity index (χ4n) is 2.84. The Morgan fingerprint density at radius 1 is 1.17 bits per heavy atom. The molecular formula is C13H25N3O2. The lowest BCUT2D eigenvalue weighted by atomic mass is 10.0. The van der Waals surface area contributed by atoms with Gasteiger partial charge in [-0.05, 0) is 32.4 Å². The molecule has 0 aliphatic carbocycles. The topological polar surface area (TPSA) is 55.8 Å². The maximum absolute atomic E-state index is 12.4. The molecule has 18 heavy (non-hydrogen) atoms. The van der Waals surface area contributed by atoms with Crippen molar-refractivity contribution in [2.75, 3.05) is 45.9 Å². The first-order valence-corrected chi connectivity index (χ1v) is 7.16. The quantitative estimate of drug-likeness (QED) is 0.724. The molecule has 0 bridgehead atoms. The van der Waals surface area contributed by atoms with Crippen molar-refractivity contribution in [1.29, 1.82) is 0 Å². The number of hydrogen-bond donors (Lipinski definition) is 2. The number of nitrogens with one attached hydrogen (secondary N) is 1. The summed E-state index contributed by atoms with van der Waals surface area (Å²) < 4.78 is 0. The Bertz CT molecular complexity index is 267. The second kappa shape index (κ2) is 7.07. The summed E-state index contributed by atoms with van der Waals surface area (Å²) in [5.74, 6) is 0.278. The van der Waals surface area contributed by atoms with Crippen LogP contribution in [0.25, 0.3) is 0 Å². The van der Waals surface area contributed by atoms with Crippen molar-refractivity contribution >= 4 is 5.91 Å². The number of amides is 1. The first kappa shape index (κ1) is 13.8. The molecule has 2 heterocycles. The van der Waals surface area contributed by atoms with E-state index in [1.807, 2.05) is 4.90 Å². The average Bonchev–Trinajstić information content (AvgIpc) is 2.65. The SMILES string of the molecule is O=C([C@@H]1CCCCN1)N1CCCN(CCO)CC1. The highest BCUT2D eigenvalue weighted by Gasteiger charge is 2.26. The summed E-state index contributed by atoms with van der Waals surface area (Å²) in [7, 11) is 0. The zero-order valence-electron chi connectivity index (χ0n) is 11.1. The van der Waals surface area contributed by atoms with E-state index in [9.17, 15) is 4.79 Å². The third-order valence-electron chi connectivity index (χ3n) is 3.92. The van der Waals surface area contributed by atoms with Crippen LogP contribution in [0.1, 0.15) is 25.7 Å². The molecule has 1 amide bonds. The van der Waals surface area contributed by atoms with Crippen molar-refractivity contribution in [1.82, 2.24) is 15.1 Å². The zero-order valence-corrected chi connectivity index (χ0v) is 11.1. The Morgan fingerprint density at radius 3 is 2.78 bits per heavy atom. The average molecular weight is 255 g/mol. The first-order chi connectivity index (χ1) is 8.81. The van der Waals surface area contributed by atoms with Crippen LogP contribution in [-0.4, -0.2) is 72.7 Å². The van der Waals surface area contributed by atoms with Crippen molar-refractivity contribution in [2.24, 2.45) is 0 Å². The Morgan fingerprint density at radius 2 is 2.06 bits per heavy atom. The van der Waals surface area contributed by atoms with Gasteiger partial charge in [-0.25, -0.2) is 0 Å². The Hall–Kier alpha value is -0.650. The van der Waals surface area contributed by atoms with Gasteiger partial charge in [-0.15, -0.1) is 0 Å². The van der Waals surface area contributed by atoms with Gasteiger partial charge < -0.3 is 15.3 Å². The maximum atomic E-state index is 12.4. The van der Waals surface area contributed by atoms with E-state index in [1.54, 1.807) is 0 Å². The third-order valence-corrected chi connectivity index (χ3v) is 3.92. The van der Waals surface area contributed by atoms with Crippen molar-refractivity contribution in [3.8, 4) is 0 Å². The monoisotopic (exact) mass is 255 g/mol. The Balaban J connectivity index is 1.82. The number of carbonyl (C=O) groups excluding carboxylic acids is 1. The van der Waals surface area contributed by atoms with Crippen LogP contribution in [-0.2, 0) is 4.79 Å². The molecule has 0 aromatic rings. The van der Waals surface area contributed by atoms with E-state index in [-0.39, 0.29) is 18.6 Å². The lowest BCUT2D eigenvalue weighted by Crippen LogP contribution is -2.49. The minimum absolute atomic E-state index is 0.0446. The number of aliphatic hydroxyl groups excluding tert-OH is 1. The molecule has 104 valence electrons. The largest absolute Gasteiger partial charge is 0.395 e. The smallest absolute Gasteiger partial charge is 0.239 e. The highest BCUT2D eigenvalue weighted by atomic mass is 16.3. The van der Waals surface area contributed by atoms with Gasteiger partial charge in [0.15, 0.2) is 0 Å². The molecule has 0 aromatic heterocycles. The summed E-state index contributed by atoms with van der Waals surface area (Å²) in [4.78, 5) is 16.6. The number of piperidine rings is 1. The first-order valence-electron chi connectivity index (χ1n) is 7.16. The minimum Gasteiger partial charge on any atom is -0.395 e. The highest BCUT2D eigenvalue weighted by molar-refractivity contribution is 5.82. The second-order valence-corrected chi connectivity index (χ2v) is 5.25. The molecule has 0 spiro atoms. The van der Waals surface area contributed by atoms with Crippen molar-refractivity contribution in [3.63, 3.8) is 0 Å². The molecule has 1 atom stereocenters. The molecule has 2 aliphatic rings. The fourth-order valence-corrected chi connectivity index (χ4v) is 2.84. The van der Waals surface area contributed by atoms with Gasteiger partial charge in [0.25, 0.3) is 0 Å². The number of nitrogens with zero attached hydrogens (tertiary/aromatic N) is 2. The Labute approximate surface area is 109 Å². The molecule has 2 N–H and O–H groups in total. The maximum Gasteiger partial charge on any atom is 0.239 e. The summed E-state index contributed by atoms with van der Waals surface area (Å²) in [6, 6.07) is 0.0446. The van der Waals surface area contributed by atoms with Crippen molar-refractivity contribution in [3.05, 3.63) is 0 Å². The molecule has 0 radical (unpaired) electrons. The number of hydrogen-bond acceptors (Lipinski definition) is 4. The van der Waals surface area contributed by atoms with Gasteiger partial charge in [-0.1, -0.05) is 6.42 Å². The standard InChI is InChI=1S/C13H25N3O2/c17-11-10-15-6-3-7-16(9-8-15)13(18)12-4-1-2-5-14-12/h12,14,17H,1-11H2/t12-/m0/s1. The van der Waals surface area contributed by atoms with Gasteiger partial charge >= 0.3 is 0 Å². The molecule has 5 nitrogen and oxygen atoms in total. The van der Waals surface area contributed by atoms with E-state index in [0.29, 0.717) is 0 Å². The summed E-state index contributed by atoms with van der Waals surface area (Å²) in [6.45, 7) is 5.44. The van der Waals surface area contributed by atoms with E-state index >= 15 is 0 Å². The van der Waals surface area contributed by atoms with Crippen LogP contribution in [0.15, 0.2) is 0 Å². The highest BCUT2D eigenvalue weighted by Crippen LogP contribution is 2.12. The molecule has 2 fully saturated rings. The van der Waals surface area contributed by atoms with Gasteiger partial charge in [0.2, 0.25) is 5.91 Å². The summed E-state index contributed by atoms with van der Waals surface area (Å²) in [6.07, 6.45) is 4.34. The van der Waals surface area contributed by atoms with Crippen LogP contribution in [0.3, 0.4) is 0 Å². The van der Waals surface area contributed by atoms with Crippen LogP contribution < -0.4 is 5.32 Å². The molecule has 2 rings (SSSR count). The van der Waals surface area contributed by atoms with Crippen molar-refractivity contribution in [2.45, 2.75) is 31.7 Å². The summed E-state index contributed by atoms with van der Waals surface area (Å²) in [5.41, 5.74) is 0. The van der Waals surface area contributed by atoms with E-state index in [1.165, 1.54) is 6.42 Å². The zero-order chi connectivity index (χ0) is 12.8. The molecule has 2 aliphatic heterocycles. The normalized spacial score (nSPS) is 26.9.